The predicted octanol–water partition coefficient (Wildman–Crippen LogP) is 3.49. The van der Waals surface area contributed by atoms with Crippen molar-refractivity contribution in [3.8, 4) is 0 Å². The number of hydrogen-bond acceptors (Lipinski definition) is 3. The maximum absolute atomic E-state index is 12.1. The maximum Gasteiger partial charge on any atom is 0.407 e. The zero-order valence-electron chi connectivity index (χ0n) is 14.9. The topological polar surface area (TPSA) is 67.4 Å². The van der Waals surface area contributed by atoms with Crippen LogP contribution in [0.3, 0.4) is 0 Å². The lowest BCUT2D eigenvalue weighted by Gasteiger charge is -2.19. The smallest absolute Gasteiger partial charge is 0.407 e. The standard InChI is InChI=1S/C18H28N2O3/c1-12(2)13(3)20-16(21)15-9-7-14(8-10-15)11-19-17(22)23-18(4,5)6/h7-10,12-13H,11H2,1-6H3,(H,19,22)(H,20,21)/t13-/m1/s1. The van der Waals surface area contributed by atoms with Gasteiger partial charge in [-0.05, 0) is 51.3 Å². The van der Waals surface area contributed by atoms with Crippen LogP contribution >= 0.6 is 0 Å². The molecule has 0 heterocycles. The van der Waals surface area contributed by atoms with Gasteiger partial charge in [-0.15, -0.1) is 0 Å². The molecule has 0 saturated carbocycles. The average Bonchev–Trinajstić information content (AvgIpc) is 2.43. The first-order valence-electron chi connectivity index (χ1n) is 7.95. The van der Waals surface area contributed by atoms with E-state index >= 15 is 0 Å². The van der Waals surface area contributed by atoms with Crippen molar-refractivity contribution in [2.75, 3.05) is 0 Å². The van der Waals surface area contributed by atoms with Crippen molar-refractivity contribution >= 4 is 12.0 Å². The Kier molecular flexibility index (Phi) is 6.61. The molecule has 1 rings (SSSR count). The largest absolute Gasteiger partial charge is 0.444 e. The molecule has 0 aliphatic rings. The summed E-state index contributed by atoms with van der Waals surface area (Å²) in [4.78, 5) is 23.7. The van der Waals surface area contributed by atoms with E-state index in [9.17, 15) is 9.59 Å². The number of carbonyl (C=O) groups is 2. The monoisotopic (exact) mass is 320 g/mol. The van der Waals surface area contributed by atoms with E-state index < -0.39 is 11.7 Å². The molecule has 0 aliphatic carbocycles. The lowest BCUT2D eigenvalue weighted by atomic mass is 10.1. The van der Waals surface area contributed by atoms with Gasteiger partial charge in [0.15, 0.2) is 0 Å². The Morgan fingerprint density at radius 3 is 2.13 bits per heavy atom. The van der Waals surface area contributed by atoms with Gasteiger partial charge in [0, 0.05) is 18.2 Å². The normalized spacial score (nSPS) is 12.7. The second-order valence-electron chi connectivity index (χ2n) is 7.06. The molecule has 128 valence electrons. The lowest BCUT2D eigenvalue weighted by Crippen LogP contribution is -2.36. The fourth-order valence-electron chi connectivity index (χ4n) is 1.72. The van der Waals surface area contributed by atoms with Gasteiger partial charge in [0.2, 0.25) is 0 Å². The summed E-state index contributed by atoms with van der Waals surface area (Å²) in [6, 6.07) is 7.29. The van der Waals surface area contributed by atoms with Crippen molar-refractivity contribution in [3.05, 3.63) is 35.4 Å². The van der Waals surface area contributed by atoms with E-state index in [1.807, 2.05) is 39.8 Å². The third-order valence-electron chi connectivity index (χ3n) is 3.41. The quantitative estimate of drug-likeness (QED) is 0.872. The molecule has 0 aliphatic heterocycles. The van der Waals surface area contributed by atoms with Crippen molar-refractivity contribution in [3.63, 3.8) is 0 Å². The van der Waals surface area contributed by atoms with Crippen LogP contribution in [0.5, 0.6) is 0 Å². The molecule has 1 aromatic rings. The van der Waals surface area contributed by atoms with Crippen molar-refractivity contribution in [2.24, 2.45) is 5.92 Å². The highest BCUT2D eigenvalue weighted by atomic mass is 16.6. The zero-order valence-corrected chi connectivity index (χ0v) is 14.9. The molecule has 0 saturated heterocycles. The fourth-order valence-corrected chi connectivity index (χ4v) is 1.72. The summed E-state index contributed by atoms with van der Waals surface area (Å²) in [7, 11) is 0. The molecule has 5 heteroatoms. The summed E-state index contributed by atoms with van der Waals surface area (Å²) in [5.41, 5.74) is 1.00. The Balaban J connectivity index is 2.53. The molecule has 23 heavy (non-hydrogen) atoms. The van der Waals surface area contributed by atoms with Crippen LogP contribution < -0.4 is 10.6 Å². The number of rotatable bonds is 5. The van der Waals surface area contributed by atoms with Gasteiger partial charge in [0.1, 0.15) is 5.60 Å². The second kappa shape index (κ2) is 7.99. The highest BCUT2D eigenvalue weighted by Crippen LogP contribution is 2.09. The summed E-state index contributed by atoms with van der Waals surface area (Å²) in [5, 5.41) is 5.65. The van der Waals surface area contributed by atoms with Gasteiger partial charge in [-0.25, -0.2) is 4.79 Å². The molecule has 0 fully saturated rings. The first-order chi connectivity index (χ1) is 10.6. The summed E-state index contributed by atoms with van der Waals surface area (Å²) in [6.07, 6.45) is -0.454. The van der Waals surface area contributed by atoms with Gasteiger partial charge in [-0.1, -0.05) is 26.0 Å². The van der Waals surface area contributed by atoms with Gasteiger partial charge in [0.05, 0.1) is 0 Å². The van der Waals surface area contributed by atoms with E-state index in [0.717, 1.165) is 5.56 Å². The fraction of sp³-hybridized carbons (Fsp3) is 0.556. The highest BCUT2D eigenvalue weighted by molar-refractivity contribution is 5.94. The Morgan fingerprint density at radius 1 is 1.09 bits per heavy atom. The van der Waals surface area contributed by atoms with Crippen LogP contribution in [-0.2, 0) is 11.3 Å². The van der Waals surface area contributed by atoms with Gasteiger partial charge in [0.25, 0.3) is 5.91 Å². The predicted molar refractivity (Wildman–Crippen MR) is 91.3 cm³/mol. The average molecular weight is 320 g/mol. The van der Waals surface area contributed by atoms with Crippen LogP contribution in [-0.4, -0.2) is 23.6 Å². The van der Waals surface area contributed by atoms with Crippen molar-refractivity contribution in [2.45, 2.75) is 59.7 Å². The Labute approximate surface area is 138 Å². The molecule has 0 aromatic heterocycles. The molecule has 5 nitrogen and oxygen atoms in total. The van der Waals surface area contributed by atoms with E-state index in [1.165, 1.54) is 0 Å². The number of ether oxygens (including phenoxy) is 1. The molecule has 0 radical (unpaired) electrons. The molecule has 0 bridgehead atoms. The van der Waals surface area contributed by atoms with Gasteiger partial charge in [-0.2, -0.15) is 0 Å². The Morgan fingerprint density at radius 2 is 1.65 bits per heavy atom. The van der Waals surface area contributed by atoms with Crippen LogP contribution in [0.25, 0.3) is 0 Å². The van der Waals surface area contributed by atoms with E-state index in [2.05, 4.69) is 24.5 Å². The summed E-state index contributed by atoms with van der Waals surface area (Å²) < 4.78 is 5.17. The minimum Gasteiger partial charge on any atom is -0.444 e. The molecular weight excluding hydrogens is 292 g/mol. The van der Waals surface area contributed by atoms with Crippen LogP contribution in [0.2, 0.25) is 0 Å². The maximum atomic E-state index is 12.1. The summed E-state index contributed by atoms with van der Waals surface area (Å²) >= 11 is 0. The van der Waals surface area contributed by atoms with E-state index in [0.29, 0.717) is 18.0 Å². The first-order valence-corrected chi connectivity index (χ1v) is 7.95. The summed E-state index contributed by atoms with van der Waals surface area (Å²) in [6.45, 7) is 11.9. The van der Waals surface area contributed by atoms with Crippen LogP contribution in [0.1, 0.15) is 57.5 Å². The molecule has 2 amide bonds. The van der Waals surface area contributed by atoms with Crippen LogP contribution in [0.4, 0.5) is 4.79 Å². The molecule has 0 unspecified atom stereocenters. The number of hydrogen-bond donors (Lipinski definition) is 2. The van der Waals surface area contributed by atoms with E-state index in [1.54, 1.807) is 12.1 Å². The number of amides is 2. The van der Waals surface area contributed by atoms with Gasteiger partial charge < -0.3 is 15.4 Å². The number of nitrogens with one attached hydrogen (secondary N) is 2. The Bertz CT molecular complexity index is 530. The minimum atomic E-state index is -0.515. The first kappa shape index (κ1) is 19.0. The number of alkyl carbamates (subject to hydrolysis) is 1. The summed E-state index contributed by atoms with van der Waals surface area (Å²) in [5.74, 6) is 0.300. The Hall–Kier alpha value is -2.04. The minimum absolute atomic E-state index is 0.0853. The van der Waals surface area contributed by atoms with Crippen molar-refractivity contribution in [1.82, 2.24) is 10.6 Å². The van der Waals surface area contributed by atoms with E-state index in [4.69, 9.17) is 4.74 Å². The molecule has 1 atom stereocenters. The SMILES string of the molecule is CC(C)[C@@H](C)NC(=O)c1ccc(CNC(=O)OC(C)(C)C)cc1. The van der Waals surface area contributed by atoms with Gasteiger partial charge in [-0.3, -0.25) is 4.79 Å². The van der Waals surface area contributed by atoms with E-state index in [-0.39, 0.29) is 11.9 Å². The van der Waals surface area contributed by atoms with Crippen LogP contribution in [0, 0.1) is 5.92 Å². The van der Waals surface area contributed by atoms with Crippen molar-refractivity contribution in [1.29, 1.82) is 0 Å². The molecule has 1 aromatic carbocycles. The number of benzene rings is 1. The number of carbonyl (C=O) groups excluding carboxylic acids is 2. The lowest BCUT2D eigenvalue weighted by molar-refractivity contribution is 0.0523. The molecular formula is C18H28N2O3. The molecule has 0 spiro atoms. The van der Waals surface area contributed by atoms with Crippen molar-refractivity contribution < 1.29 is 14.3 Å². The van der Waals surface area contributed by atoms with Crippen LogP contribution in [0.15, 0.2) is 24.3 Å². The third-order valence-corrected chi connectivity index (χ3v) is 3.41. The second-order valence-corrected chi connectivity index (χ2v) is 7.06. The zero-order chi connectivity index (χ0) is 17.6. The van der Waals surface area contributed by atoms with Gasteiger partial charge >= 0.3 is 6.09 Å². The molecule has 2 N–H and O–H groups in total. The highest BCUT2D eigenvalue weighted by Gasteiger charge is 2.16. The third kappa shape index (κ3) is 7.17.